The van der Waals surface area contributed by atoms with E-state index in [-0.39, 0.29) is 17.9 Å². The molecule has 0 saturated carbocycles. The van der Waals surface area contributed by atoms with Gasteiger partial charge in [-0.15, -0.1) is 0 Å². The average molecular weight is 458 g/mol. The molecule has 1 aromatic heterocycles. The molecule has 1 unspecified atom stereocenters. The highest BCUT2D eigenvalue weighted by Gasteiger charge is 2.31. The number of carbonyl (C=O) groups is 1. The maximum absolute atomic E-state index is 12.6. The molecule has 0 N–H and O–H groups in total. The summed E-state index contributed by atoms with van der Waals surface area (Å²) in [7, 11) is 0. The molecular weight excluding hydrogens is 433 g/mol. The summed E-state index contributed by atoms with van der Waals surface area (Å²) >= 11 is 12.6. The number of rotatable bonds is 4. The smallest absolute Gasteiger partial charge is 0.225 e. The van der Waals surface area contributed by atoms with E-state index in [1.807, 2.05) is 78.9 Å². The minimum Gasteiger partial charge on any atom is -0.368 e. The standard InChI is InChI=1S/C24H25Cl2N3O2/c1-15(2)24(30)28-12-13-31-21(14-28)22-16(3)23(17-8-10-18(25)11-9-17)29(27-22)20-7-5-4-6-19(20)26/h4-11,15,21H,12-14H2,1-3H3. The van der Waals surface area contributed by atoms with Crippen molar-refractivity contribution < 1.29 is 9.53 Å². The van der Waals surface area contributed by atoms with Gasteiger partial charge in [-0.25, -0.2) is 4.68 Å². The van der Waals surface area contributed by atoms with Gasteiger partial charge in [0.05, 0.1) is 35.2 Å². The topological polar surface area (TPSA) is 47.4 Å². The molecule has 2 heterocycles. The Balaban J connectivity index is 1.81. The maximum Gasteiger partial charge on any atom is 0.225 e. The van der Waals surface area contributed by atoms with Crippen LogP contribution in [0, 0.1) is 12.8 Å². The lowest BCUT2D eigenvalue weighted by atomic mass is 10.0. The van der Waals surface area contributed by atoms with Crippen LogP contribution in [0.1, 0.15) is 31.2 Å². The van der Waals surface area contributed by atoms with E-state index in [4.69, 9.17) is 33.0 Å². The van der Waals surface area contributed by atoms with Crippen LogP contribution in [-0.2, 0) is 9.53 Å². The summed E-state index contributed by atoms with van der Waals surface area (Å²) in [4.78, 5) is 14.4. The molecular formula is C24H25Cl2N3O2. The van der Waals surface area contributed by atoms with Gasteiger partial charge in [0.25, 0.3) is 0 Å². The van der Waals surface area contributed by atoms with Crippen molar-refractivity contribution >= 4 is 29.1 Å². The van der Waals surface area contributed by atoms with Crippen molar-refractivity contribution in [1.82, 2.24) is 14.7 Å². The molecule has 1 atom stereocenters. The fourth-order valence-electron chi connectivity index (χ4n) is 3.94. The molecule has 0 aliphatic carbocycles. The van der Waals surface area contributed by atoms with Gasteiger partial charge in [-0.3, -0.25) is 4.79 Å². The van der Waals surface area contributed by atoms with Gasteiger partial charge in [0.2, 0.25) is 5.91 Å². The zero-order chi connectivity index (χ0) is 22.1. The number of benzene rings is 2. The van der Waals surface area contributed by atoms with Crippen LogP contribution in [0.25, 0.3) is 16.9 Å². The van der Waals surface area contributed by atoms with Crippen LogP contribution in [-0.4, -0.2) is 40.3 Å². The number of halogens is 2. The van der Waals surface area contributed by atoms with Crippen LogP contribution in [0.15, 0.2) is 48.5 Å². The molecule has 0 radical (unpaired) electrons. The van der Waals surface area contributed by atoms with Crippen LogP contribution in [0.3, 0.4) is 0 Å². The highest BCUT2D eigenvalue weighted by Crippen LogP contribution is 2.35. The maximum atomic E-state index is 12.6. The molecule has 5 nitrogen and oxygen atoms in total. The second-order valence-corrected chi connectivity index (χ2v) is 8.87. The number of para-hydroxylation sites is 1. The normalized spacial score (nSPS) is 16.7. The fraction of sp³-hybridized carbons (Fsp3) is 0.333. The lowest BCUT2D eigenvalue weighted by Gasteiger charge is -2.33. The number of hydrogen-bond acceptors (Lipinski definition) is 3. The summed E-state index contributed by atoms with van der Waals surface area (Å²) in [5.41, 5.74) is 4.49. The van der Waals surface area contributed by atoms with Gasteiger partial charge in [0.1, 0.15) is 6.10 Å². The van der Waals surface area contributed by atoms with Crippen LogP contribution < -0.4 is 0 Å². The largest absolute Gasteiger partial charge is 0.368 e. The molecule has 0 bridgehead atoms. The molecule has 4 rings (SSSR count). The van der Waals surface area contributed by atoms with Crippen LogP contribution >= 0.6 is 23.2 Å². The molecule has 2 aromatic carbocycles. The van der Waals surface area contributed by atoms with Crippen molar-refractivity contribution in [2.45, 2.75) is 26.9 Å². The zero-order valence-electron chi connectivity index (χ0n) is 17.8. The van der Waals surface area contributed by atoms with E-state index in [2.05, 4.69) is 0 Å². The van der Waals surface area contributed by atoms with E-state index in [1.165, 1.54) is 0 Å². The molecule has 7 heteroatoms. The van der Waals surface area contributed by atoms with Crippen molar-refractivity contribution in [3.8, 4) is 16.9 Å². The molecule has 1 saturated heterocycles. The summed E-state index contributed by atoms with van der Waals surface area (Å²) in [5.74, 6) is 0.0829. The summed E-state index contributed by atoms with van der Waals surface area (Å²) < 4.78 is 7.93. The Kier molecular flexibility index (Phi) is 6.37. The van der Waals surface area contributed by atoms with Crippen LogP contribution in [0.5, 0.6) is 0 Å². The van der Waals surface area contributed by atoms with Gasteiger partial charge in [0.15, 0.2) is 0 Å². The van der Waals surface area contributed by atoms with E-state index in [1.54, 1.807) is 0 Å². The number of carbonyl (C=O) groups excluding carboxylic acids is 1. The Morgan fingerprint density at radius 2 is 1.84 bits per heavy atom. The number of ether oxygens (including phenoxy) is 1. The van der Waals surface area contributed by atoms with Gasteiger partial charge in [-0.05, 0) is 31.2 Å². The minimum atomic E-state index is -0.300. The Morgan fingerprint density at radius 3 is 2.52 bits per heavy atom. The molecule has 162 valence electrons. The lowest BCUT2D eigenvalue weighted by Crippen LogP contribution is -2.44. The quantitative estimate of drug-likeness (QED) is 0.503. The third kappa shape index (κ3) is 4.36. The van der Waals surface area contributed by atoms with Crippen molar-refractivity contribution in [1.29, 1.82) is 0 Å². The minimum absolute atomic E-state index is 0.0508. The Hall–Kier alpha value is -2.34. The van der Waals surface area contributed by atoms with Crippen molar-refractivity contribution in [3.63, 3.8) is 0 Å². The molecule has 1 aliphatic heterocycles. The number of aromatic nitrogens is 2. The van der Waals surface area contributed by atoms with Gasteiger partial charge in [0, 0.05) is 28.6 Å². The third-order valence-corrected chi connectivity index (χ3v) is 6.11. The first-order valence-corrected chi connectivity index (χ1v) is 11.1. The summed E-state index contributed by atoms with van der Waals surface area (Å²) in [6.07, 6.45) is -0.300. The van der Waals surface area contributed by atoms with Crippen molar-refractivity contribution in [2.75, 3.05) is 19.7 Å². The number of amides is 1. The zero-order valence-corrected chi connectivity index (χ0v) is 19.3. The second kappa shape index (κ2) is 9.03. The van der Waals surface area contributed by atoms with E-state index >= 15 is 0 Å². The second-order valence-electron chi connectivity index (χ2n) is 8.03. The average Bonchev–Trinajstić information content (AvgIpc) is 3.11. The highest BCUT2D eigenvalue weighted by atomic mass is 35.5. The lowest BCUT2D eigenvalue weighted by molar-refractivity contribution is -0.142. The van der Waals surface area contributed by atoms with Gasteiger partial charge in [-0.1, -0.05) is 61.3 Å². The predicted molar refractivity (Wildman–Crippen MR) is 124 cm³/mol. The van der Waals surface area contributed by atoms with Crippen molar-refractivity contribution in [3.05, 3.63) is 69.8 Å². The number of nitrogens with zero attached hydrogens (tertiary/aromatic N) is 3. The van der Waals surface area contributed by atoms with Gasteiger partial charge in [-0.2, -0.15) is 5.10 Å². The summed E-state index contributed by atoms with van der Waals surface area (Å²) in [6.45, 7) is 7.44. The molecule has 3 aromatic rings. The van der Waals surface area contributed by atoms with E-state index < -0.39 is 0 Å². The molecule has 1 aliphatic rings. The van der Waals surface area contributed by atoms with Gasteiger partial charge >= 0.3 is 0 Å². The first-order chi connectivity index (χ1) is 14.9. The van der Waals surface area contributed by atoms with Crippen molar-refractivity contribution in [2.24, 2.45) is 5.92 Å². The van der Waals surface area contributed by atoms with Gasteiger partial charge < -0.3 is 9.64 Å². The van der Waals surface area contributed by atoms with Crippen LogP contribution in [0.4, 0.5) is 0 Å². The third-order valence-electron chi connectivity index (χ3n) is 5.53. The van der Waals surface area contributed by atoms with E-state index in [9.17, 15) is 4.79 Å². The van der Waals surface area contributed by atoms with Crippen LogP contribution in [0.2, 0.25) is 10.0 Å². The molecule has 31 heavy (non-hydrogen) atoms. The first-order valence-electron chi connectivity index (χ1n) is 10.4. The number of hydrogen-bond donors (Lipinski definition) is 0. The summed E-state index contributed by atoms with van der Waals surface area (Å²) in [6, 6.07) is 15.3. The first kappa shape index (κ1) is 21.9. The Labute approximate surface area is 192 Å². The Morgan fingerprint density at radius 1 is 1.13 bits per heavy atom. The Bertz CT molecular complexity index is 1090. The molecule has 0 spiro atoms. The van der Waals surface area contributed by atoms with E-state index in [0.29, 0.717) is 29.7 Å². The highest BCUT2D eigenvalue weighted by molar-refractivity contribution is 6.32. The van der Waals surface area contributed by atoms with E-state index in [0.717, 1.165) is 28.2 Å². The monoisotopic (exact) mass is 457 g/mol. The summed E-state index contributed by atoms with van der Waals surface area (Å²) in [5, 5.41) is 6.21. The molecule has 1 amide bonds. The molecule has 1 fully saturated rings. The number of morpholine rings is 1. The fourth-order valence-corrected chi connectivity index (χ4v) is 4.28. The SMILES string of the molecule is Cc1c(C2CN(C(=O)C(C)C)CCO2)nn(-c2ccccc2Cl)c1-c1ccc(Cl)cc1. The predicted octanol–water partition coefficient (Wildman–Crippen LogP) is 5.71.